The van der Waals surface area contributed by atoms with E-state index in [9.17, 15) is 0 Å². The number of hydrogen-bond donors (Lipinski definition) is 1. The smallest absolute Gasteiger partial charge is 0.0524 e. The summed E-state index contributed by atoms with van der Waals surface area (Å²) in [7, 11) is 0. The maximum atomic E-state index is 4.42. The number of nitrogens with one attached hydrogen (secondary N) is 1. The Labute approximate surface area is 105 Å². The molecule has 96 valence electrons. The molecule has 3 nitrogen and oxygen atoms in total. The Bertz CT molecular complexity index is 343. The first-order valence-electron chi connectivity index (χ1n) is 6.93. The molecule has 2 atom stereocenters. The van der Waals surface area contributed by atoms with Gasteiger partial charge in [-0.25, -0.2) is 0 Å². The van der Waals surface area contributed by atoms with Crippen molar-refractivity contribution in [2.45, 2.75) is 46.1 Å². The van der Waals surface area contributed by atoms with Crippen molar-refractivity contribution in [3.05, 3.63) is 18.0 Å². The van der Waals surface area contributed by atoms with Crippen molar-refractivity contribution in [2.75, 3.05) is 13.1 Å². The molecule has 0 radical (unpaired) electrons. The van der Waals surface area contributed by atoms with Crippen molar-refractivity contribution >= 4 is 0 Å². The zero-order valence-corrected chi connectivity index (χ0v) is 11.3. The first-order valence-corrected chi connectivity index (χ1v) is 6.93. The summed E-state index contributed by atoms with van der Waals surface area (Å²) in [4.78, 5) is 0. The van der Waals surface area contributed by atoms with E-state index in [0.717, 1.165) is 24.9 Å². The zero-order valence-electron chi connectivity index (χ0n) is 11.3. The molecule has 0 saturated carbocycles. The Morgan fingerprint density at radius 1 is 1.53 bits per heavy atom. The minimum absolute atomic E-state index is 0.707. The molecule has 2 heterocycles. The van der Waals surface area contributed by atoms with Gasteiger partial charge in [0, 0.05) is 12.7 Å². The van der Waals surface area contributed by atoms with Crippen LogP contribution in [-0.4, -0.2) is 22.9 Å². The lowest BCUT2D eigenvalue weighted by atomic mass is 9.78. The van der Waals surface area contributed by atoms with Crippen molar-refractivity contribution in [3.8, 4) is 0 Å². The summed E-state index contributed by atoms with van der Waals surface area (Å²) in [6.07, 6.45) is 6.89. The van der Waals surface area contributed by atoms with Crippen LogP contribution in [0.1, 0.15) is 45.1 Å². The molecule has 1 aromatic rings. The van der Waals surface area contributed by atoms with Crippen LogP contribution in [0.25, 0.3) is 0 Å². The molecule has 2 rings (SSSR count). The highest BCUT2D eigenvalue weighted by atomic mass is 15.3. The normalized spacial score (nSPS) is 25.4. The molecule has 0 aromatic carbocycles. The highest BCUT2D eigenvalue weighted by Crippen LogP contribution is 2.33. The van der Waals surface area contributed by atoms with Gasteiger partial charge in [0.05, 0.1) is 6.20 Å². The summed E-state index contributed by atoms with van der Waals surface area (Å²) >= 11 is 0. The SMILES string of the molecule is CCn1cc(C2CCNCC2CC(C)C)cn1. The maximum absolute atomic E-state index is 4.42. The molecule has 0 spiro atoms. The molecule has 0 bridgehead atoms. The first kappa shape index (κ1) is 12.6. The van der Waals surface area contributed by atoms with Crippen molar-refractivity contribution in [1.29, 1.82) is 0 Å². The molecule has 1 fully saturated rings. The predicted molar refractivity (Wildman–Crippen MR) is 71.1 cm³/mol. The average molecular weight is 235 g/mol. The van der Waals surface area contributed by atoms with Gasteiger partial charge in [-0.05, 0) is 56.2 Å². The Kier molecular flexibility index (Phi) is 4.21. The molecule has 0 aliphatic carbocycles. The van der Waals surface area contributed by atoms with Crippen LogP contribution in [-0.2, 0) is 6.54 Å². The van der Waals surface area contributed by atoms with Crippen molar-refractivity contribution < 1.29 is 0 Å². The van der Waals surface area contributed by atoms with Gasteiger partial charge in [0.15, 0.2) is 0 Å². The summed E-state index contributed by atoms with van der Waals surface area (Å²) < 4.78 is 2.05. The van der Waals surface area contributed by atoms with Gasteiger partial charge in [0.25, 0.3) is 0 Å². The molecule has 1 aromatic heterocycles. The monoisotopic (exact) mass is 235 g/mol. The Hall–Kier alpha value is -0.830. The summed E-state index contributed by atoms with van der Waals surface area (Å²) in [6, 6.07) is 0. The molecule has 3 heteroatoms. The van der Waals surface area contributed by atoms with E-state index < -0.39 is 0 Å². The standard InChI is InChI=1S/C14H25N3/c1-4-17-10-13(9-16-17)14-5-6-15-8-12(14)7-11(2)3/h9-12,14-15H,4-8H2,1-3H3. The summed E-state index contributed by atoms with van der Waals surface area (Å²) in [6.45, 7) is 10.1. The Morgan fingerprint density at radius 2 is 2.35 bits per heavy atom. The number of aromatic nitrogens is 2. The van der Waals surface area contributed by atoms with E-state index in [4.69, 9.17) is 0 Å². The summed E-state index contributed by atoms with van der Waals surface area (Å²) in [5.41, 5.74) is 1.44. The lowest BCUT2D eigenvalue weighted by molar-refractivity contribution is 0.280. The van der Waals surface area contributed by atoms with Crippen molar-refractivity contribution in [3.63, 3.8) is 0 Å². The zero-order chi connectivity index (χ0) is 12.3. The second kappa shape index (κ2) is 5.67. The van der Waals surface area contributed by atoms with Crippen LogP contribution in [0.5, 0.6) is 0 Å². The molecular formula is C14H25N3. The van der Waals surface area contributed by atoms with Crippen LogP contribution in [0.2, 0.25) is 0 Å². The van der Waals surface area contributed by atoms with Crippen molar-refractivity contribution in [1.82, 2.24) is 15.1 Å². The minimum Gasteiger partial charge on any atom is -0.316 e. The molecule has 2 unspecified atom stereocenters. The Balaban J connectivity index is 2.09. The van der Waals surface area contributed by atoms with Gasteiger partial charge in [-0.3, -0.25) is 4.68 Å². The van der Waals surface area contributed by atoms with Crippen LogP contribution in [0.4, 0.5) is 0 Å². The highest BCUT2D eigenvalue weighted by molar-refractivity contribution is 5.14. The quantitative estimate of drug-likeness (QED) is 0.869. The van der Waals surface area contributed by atoms with E-state index in [1.807, 2.05) is 4.68 Å². The summed E-state index contributed by atoms with van der Waals surface area (Å²) in [5, 5.41) is 7.95. The van der Waals surface area contributed by atoms with Crippen LogP contribution < -0.4 is 5.32 Å². The summed E-state index contributed by atoms with van der Waals surface area (Å²) in [5.74, 6) is 2.26. The molecule has 1 N–H and O–H groups in total. The second-order valence-corrected chi connectivity index (χ2v) is 5.62. The van der Waals surface area contributed by atoms with E-state index in [0.29, 0.717) is 5.92 Å². The van der Waals surface area contributed by atoms with Gasteiger partial charge >= 0.3 is 0 Å². The van der Waals surface area contributed by atoms with Gasteiger partial charge in [-0.2, -0.15) is 5.10 Å². The highest BCUT2D eigenvalue weighted by Gasteiger charge is 2.27. The Morgan fingerprint density at radius 3 is 3.00 bits per heavy atom. The average Bonchev–Trinajstić information content (AvgIpc) is 2.77. The second-order valence-electron chi connectivity index (χ2n) is 5.62. The predicted octanol–water partition coefficient (Wildman–Crippen LogP) is 2.64. The number of hydrogen-bond acceptors (Lipinski definition) is 2. The molecule has 1 aliphatic rings. The molecular weight excluding hydrogens is 210 g/mol. The number of nitrogens with zero attached hydrogens (tertiary/aromatic N) is 2. The van der Waals surface area contributed by atoms with Gasteiger partial charge in [-0.15, -0.1) is 0 Å². The lowest BCUT2D eigenvalue weighted by Gasteiger charge is -2.32. The maximum Gasteiger partial charge on any atom is 0.0524 e. The van der Waals surface area contributed by atoms with E-state index in [2.05, 4.69) is 43.6 Å². The third kappa shape index (κ3) is 3.09. The first-order chi connectivity index (χ1) is 8.20. The van der Waals surface area contributed by atoms with Crippen LogP contribution in [0, 0.1) is 11.8 Å². The van der Waals surface area contributed by atoms with Gasteiger partial charge < -0.3 is 5.32 Å². The minimum atomic E-state index is 0.707. The molecule has 0 amide bonds. The molecule has 1 saturated heterocycles. The van der Waals surface area contributed by atoms with Crippen molar-refractivity contribution in [2.24, 2.45) is 11.8 Å². The number of aryl methyl sites for hydroxylation is 1. The van der Waals surface area contributed by atoms with E-state index in [1.54, 1.807) is 0 Å². The number of piperidine rings is 1. The third-order valence-electron chi connectivity index (χ3n) is 3.79. The largest absolute Gasteiger partial charge is 0.316 e. The van der Waals surface area contributed by atoms with Gasteiger partial charge in [0.1, 0.15) is 0 Å². The van der Waals surface area contributed by atoms with E-state index in [-0.39, 0.29) is 0 Å². The lowest BCUT2D eigenvalue weighted by Crippen LogP contribution is -2.36. The van der Waals surface area contributed by atoms with E-state index >= 15 is 0 Å². The van der Waals surface area contributed by atoms with E-state index in [1.165, 1.54) is 24.9 Å². The third-order valence-corrected chi connectivity index (χ3v) is 3.79. The fourth-order valence-electron chi connectivity index (χ4n) is 2.96. The fourth-order valence-corrected chi connectivity index (χ4v) is 2.96. The molecule has 1 aliphatic heterocycles. The number of rotatable bonds is 4. The van der Waals surface area contributed by atoms with Crippen LogP contribution >= 0.6 is 0 Å². The van der Waals surface area contributed by atoms with Gasteiger partial charge in [0.2, 0.25) is 0 Å². The fraction of sp³-hybridized carbons (Fsp3) is 0.786. The topological polar surface area (TPSA) is 29.9 Å². The van der Waals surface area contributed by atoms with Crippen LogP contribution in [0.15, 0.2) is 12.4 Å². The van der Waals surface area contributed by atoms with Gasteiger partial charge in [-0.1, -0.05) is 13.8 Å². The molecule has 17 heavy (non-hydrogen) atoms. The van der Waals surface area contributed by atoms with Crippen LogP contribution in [0.3, 0.4) is 0 Å².